The number of aromatic nitrogens is 5. The molecule has 3 heterocycles. The summed E-state index contributed by atoms with van der Waals surface area (Å²) in [5.41, 5.74) is 0.435. The lowest BCUT2D eigenvalue weighted by Gasteiger charge is -2.19. The summed E-state index contributed by atoms with van der Waals surface area (Å²) in [6.45, 7) is 1.70. The van der Waals surface area contributed by atoms with Crippen LogP contribution in [0.25, 0.3) is 11.2 Å². The number of carbonyl (C=O) groups is 1. The first-order chi connectivity index (χ1) is 11.2. The number of hydrogen-bond donors (Lipinski definition) is 1. The maximum Gasteiger partial charge on any atom is 0.429 e. The summed E-state index contributed by atoms with van der Waals surface area (Å²) in [5, 5.41) is 3.67. The highest BCUT2D eigenvalue weighted by molar-refractivity contribution is 5.92. The molecule has 0 aromatic carbocycles. The number of carbonyl (C=O) groups excluding carboxylic acids is 1. The topological polar surface area (TPSA) is 85.7 Å². The Kier molecular flexibility index (Phi) is 3.74. The molecule has 0 fully saturated rings. The van der Waals surface area contributed by atoms with Crippen LogP contribution in [0.4, 0.5) is 13.2 Å². The zero-order valence-electron chi connectivity index (χ0n) is 12.6. The van der Waals surface area contributed by atoms with Crippen molar-refractivity contribution in [2.24, 2.45) is 7.05 Å². The van der Waals surface area contributed by atoms with Crippen molar-refractivity contribution in [2.75, 3.05) is 0 Å². The first-order valence-electron chi connectivity index (χ1n) is 6.82. The van der Waals surface area contributed by atoms with Gasteiger partial charge in [0.25, 0.3) is 0 Å². The molecule has 0 aliphatic heterocycles. The SMILES string of the molecule is Cc1nc2ncc(C(=O)O[C@@H](c3cnn(C)c3)C(F)(F)F)cc2[nH]1. The van der Waals surface area contributed by atoms with Gasteiger partial charge in [0.1, 0.15) is 5.82 Å². The molecule has 0 saturated carbocycles. The molecule has 3 aromatic rings. The minimum absolute atomic E-state index is 0.107. The number of imidazole rings is 1. The van der Waals surface area contributed by atoms with Gasteiger partial charge in [0.05, 0.1) is 17.3 Å². The van der Waals surface area contributed by atoms with Crippen LogP contribution >= 0.6 is 0 Å². The molecule has 24 heavy (non-hydrogen) atoms. The Balaban J connectivity index is 1.89. The van der Waals surface area contributed by atoms with Crippen molar-refractivity contribution < 1.29 is 22.7 Å². The molecule has 0 spiro atoms. The third kappa shape index (κ3) is 3.07. The number of aromatic amines is 1. The summed E-state index contributed by atoms with van der Waals surface area (Å²) < 4.78 is 45.5. The molecule has 1 N–H and O–H groups in total. The molecule has 0 unspecified atom stereocenters. The largest absolute Gasteiger partial charge is 0.444 e. The quantitative estimate of drug-likeness (QED) is 0.741. The lowest BCUT2D eigenvalue weighted by Crippen LogP contribution is -2.26. The van der Waals surface area contributed by atoms with E-state index >= 15 is 0 Å². The van der Waals surface area contributed by atoms with E-state index < -0.39 is 18.2 Å². The van der Waals surface area contributed by atoms with Gasteiger partial charge in [0.2, 0.25) is 6.10 Å². The van der Waals surface area contributed by atoms with Crippen LogP contribution in [0, 0.1) is 6.92 Å². The summed E-state index contributed by atoms with van der Waals surface area (Å²) in [7, 11) is 1.47. The summed E-state index contributed by atoms with van der Waals surface area (Å²) in [6, 6.07) is 1.35. The lowest BCUT2D eigenvalue weighted by molar-refractivity contribution is -0.207. The van der Waals surface area contributed by atoms with Gasteiger partial charge in [-0.25, -0.2) is 14.8 Å². The van der Waals surface area contributed by atoms with Crippen LogP contribution in [0.3, 0.4) is 0 Å². The average Bonchev–Trinajstić information content (AvgIpc) is 3.06. The number of alkyl halides is 3. The zero-order valence-corrected chi connectivity index (χ0v) is 12.6. The van der Waals surface area contributed by atoms with Crippen LogP contribution in [0.15, 0.2) is 24.7 Å². The van der Waals surface area contributed by atoms with E-state index in [-0.39, 0.29) is 11.1 Å². The number of hydrogen-bond acceptors (Lipinski definition) is 5. The standard InChI is InChI=1S/C14H12F3N5O2/c1-7-20-10-3-8(4-18-12(10)21-7)13(23)24-11(14(15,16)17)9-5-19-22(2)6-9/h3-6,11H,1-2H3,(H,18,20,21)/t11-/m0/s1. The highest BCUT2D eigenvalue weighted by Crippen LogP contribution is 2.36. The van der Waals surface area contributed by atoms with E-state index in [9.17, 15) is 18.0 Å². The normalized spacial score (nSPS) is 13.2. The second kappa shape index (κ2) is 5.62. The summed E-state index contributed by atoms with van der Waals surface area (Å²) in [4.78, 5) is 22.9. The van der Waals surface area contributed by atoms with Crippen molar-refractivity contribution >= 4 is 17.1 Å². The fourth-order valence-electron chi connectivity index (χ4n) is 2.21. The molecule has 0 bridgehead atoms. The molecular weight excluding hydrogens is 327 g/mol. The van der Waals surface area contributed by atoms with Gasteiger partial charge in [0, 0.05) is 25.0 Å². The van der Waals surface area contributed by atoms with Crippen LogP contribution in [0.2, 0.25) is 0 Å². The number of fused-ring (bicyclic) bond motifs is 1. The Labute approximate surface area is 133 Å². The fourth-order valence-corrected chi connectivity index (χ4v) is 2.21. The second-order valence-electron chi connectivity index (χ2n) is 5.19. The van der Waals surface area contributed by atoms with Crippen molar-refractivity contribution in [1.29, 1.82) is 0 Å². The third-order valence-electron chi connectivity index (χ3n) is 3.24. The molecule has 126 valence electrons. The zero-order chi connectivity index (χ0) is 17.5. The molecule has 0 aliphatic rings. The maximum atomic E-state index is 13.2. The molecule has 0 saturated heterocycles. The number of nitrogens with zero attached hydrogens (tertiary/aromatic N) is 4. The minimum atomic E-state index is -4.76. The fraction of sp³-hybridized carbons (Fsp3) is 0.286. The predicted octanol–water partition coefficient (Wildman–Crippen LogP) is 2.46. The highest BCUT2D eigenvalue weighted by atomic mass is 19.4. The molecule has 1 atom stereocenters. The monoisotopic (exact) mass is 339 g/mol. The predicted molar refractivity (Wildman–Crippen MR) is 76.0 cm³/mol. The lowest BCUT2D eigenvalue weighted by atomic mass is 10.2. The molecule has 0 amide bonds. The molecule has 7 nitrogen and oxygen atoms in total. The Hall–Kier alpha value is -2.91. The summed E-state index contributed by atoms with van der Waals surface area (Å²) >= 11 is 0. The van der Waals surface area contributed by atoms with Crippen LogP contribution in [0.5, 0.6) is 0 Å². The van der Waals surface area contributed by atoms with E-state index in [1.54, 1.807) is 6.92 Å². The Bertz CT molecular complexity index is 899. The van der Waals surface area contributed by atoms with Gasteiger partial charge in [-0.05, 0) is 13.0 Å². The van der Waals surface area contributed by atoms with Gasteiger partial charge in [-0.1, -0.05) is 0 Å². The van der Waals surface area contributed by atoms with Gasteiger partial charge in [0.15, 0.2) is 5.65 Å². The maximum absolute atomic E-state index is 13.2. The Morgan fingerprint density at radius 2 is 2.12 bits per heavy atom. The van der Waals surface area contributed by atoms with Crippen LogP contribution in [0.1, 0.15) is 27.8 Å². The van der Waals surface area contributed by atoms with Crippen molar-refractivity contribution in [3.63, 3.8) is 0 Å². The van der Waals surface area contributed by atoms with Crippen LogP contribution in [-0.4, -0.2) is 36.9 Å². The first-order valence-corrected chi connectivity index (χ1v) is 6.82. The van der Waals surface area contributed by atoms with E-state index in [2.05, 4.69) is 24.8 Å². The number of esters is 1. The number of aryl methyl sites for hydroxylation is 2. The highest BCUT2D eigenvalue weighted by Gasteiger charge is 2.45. The Morgan fingerprint density at radius 1 is 1.38 bits per heavy atom. The van der Waals surface area contributed by atoms with Crippen LogP contribution < -0.4 is 0 Å². The number of pyridine rings is 1. The smallest absolute Gasteiger partial charge is 0.429 e. The van der Waals surface area contributed by atoms with Crippen molar-refractivity contribution in [3.8, 4) is 0 Å². The van der Waals surface area contributed by atoms with E-state index in [0.29, 0.717) is 17.0 Å². The van der Waals surface area contributed by atoms with Gasteiger partial charge in [-0.3, -0.25) is 4.68 Å². The van der Waals surface area contributed by atoms with E-state index in [0.717, 1.165) is 18.6 Å². The van der Waals surface area contributed by atoms with Gasteiger partial charge in [-0.15, -0.1) is 0 Å². The number of rotatable bonds is 3. The van der Waals surface area contributed by atoms with Crippen molar-refractivity contribution in [2.45, 2.75) is 19.2 Å². The van der Waals surface area contributed by atoms with Gasteiger partial charge < -0.3 is 9.72 Å². The second-order valence-corrected chi connectivity index (χ2v) is 5.19. The van der Waals surface area contributed by atoms with E-state index in [1.165, 1.54) is 17.8 Å². The van der Waals surface area contributed by atoms with Gasteiger partial charge in [-0.2, -0.15) is 18.3 Å². The molecule has 0 aliphatic carbocycles. The molecule has 10 heteroatoms. The van der Waals surface area contributed by atoms with Crippen molar-refractivity contribution in [3.05, 3.63) is 41.6 Å². The number of ether oxygens (including phenoxy) is 1. The number of H-pyrrole nitrogens is 1. The summed E-state index contributed by atoms with van der Waals surface area (Å²) in [6.07, 6.45) is -3.89. The minimum Gasteiger partial charge on any atom is -0.444 e. The molecule has 3 rings (SSSR count). The molecule has 0 radical (unpaired) electrons. The molecule has 3 aromatic heterocycles. The Morgan fingerprint density at radius 3 is 2.75 bits per heavy atom. The average molecular weight is 339 g/mol. The molecular formula is C14H12F3N5O2. The third-order valence-corrected chi connectivity index (χ3v) is 3.24. The van der Waals surface area contributed by atoms with Crippen molar-refractivity contribution in [1.82, 2.24) is 24.7 Å². The first kappa shape index (κ1) is 16.0. The van der Waals surface area contributed by atoms with E-state index in [4.69, 9.17) is 0 Å². The summed E-state index contributed by atoms with van der Waals surface area (Å²) in [5.74, 6) is -0.561. The van der Waals surface area contributed by atoms with Crippen LogP contribution in [-0.2, 0) is 11.8 Å². The number of halogens is 3. The van der Waals surface area contributed by atoms with Gasteiger partial charge >= 0.3 is 12.1 Å². The number of nitrogens with one attached hydrogen (secondary N) is 1. The van der Waals surface area contributed by atoms with E-state index in [1.807, 2.05) is 0 Å².